The van der Waals surface area contributed by atoms with E-state index in [-0.39, 0.29) is 11.7 Å². The first kappa shape index (κ1) is 7.94. The van der Waals surface area contributed by atoms with Crippen molar-refractivity contribution in [2.75, 3.05) is 19.6 Å². The van der Waals surface area contributed by atoms with Gasteiger partial charge in [0.25, 0.3) is 0 Å². The molecule has 0 radical (unpaired) electrons. The van der Waals surface area contributed by atoms with Crippen LogP contribution in [0.25, 0.3) is 0 Å². The van der Waals surface area contributed by atoms with Gasteiger partial charge in [-0.05, 0) is 19.9 Å². The maximum absolute atomic E-state index is 11.5. The lowest BCUT2D eigenvalue weighted by atomic mass is 9.85. The van der Waals surface area contributed by atoms with Gasteiger partial charge >= 0.3 is 0 Å². The molecule has 3 saturated heterocycles. The van der Waals surface area contributed by atoms with Crippen LogP contribution in [0.5, 0.6) is 0 Å². The highest BCUT2D eigenvalue weighted by Crippen LogP contribution is 2.45. The first-order valence-electron chi connectivity index (χ1n) is 5.12. The molecule has 0 aromatic rings. The Hall–Kier alpha value is -0.410. The minimum absolute atomic E-state index is 0.0747. The van der Waals surface area contributed by atoms with Gasteiger partial charge in [-0.25, -0.2) is 0 Å². The fourth-order valence-electron chi connectivity index (χ4n) is 3.15. The topological polar surface area (TPSA) is 29.5 Å². The number of carbonyl (C=O) groups is 1. The smallest absolute Gasteiger partial charge is 0.164 e. The summed E-state index contributed by atoms with van der Waals surface area (Å²) in [5, 5.41) is 0. The van der Waals surface area contributed by atoms with Gasteiger partial charge in [-0.2, -0.15) is 0 Å². The lowest BCUT2D eigenvalue weighted by Gasteiger charge is -2.32. The van der Waals surface area contributed by atoms with Crippen molar-refractivity contribution in [1.82, 2.24) is 4.90 Å². The van der Waals surface area contributed by atoms with Gasteiger partial charge in [0.15, 0.2) is 5.78 Å². The fourth-order valence-corrected chi connectivity index (χ4v) is 3.15. The van der Waals surface area contributed by atoms with Gasteiger partial charge < -0.3 is 9.64 Å². The van der Waals surface area contributed by atoms with Crippen molar-refractivity contribution in [3.05, 3.63) is 0 Å². The lowest BCUT2D eigenvalue weighted by Crippen LogP contribution is -2.42. The maximum Gasteiger partial charge on any atom is 0.164 e. The van der Waals surface area contributed by atoms with Gasteiger partial charge in [-0.15, -0.1) is 0 Å². The lowest BCUT2D eigenvalue weighted by molar-refractivity contribution is -0.122. The molecule has 72 valence electrons. The second kappa shape index (κ2) is 2.34. The van der Waals surface area contributed by atoms with E-state index in [4.69, 9.17) is 4.74 Å². The third kappa shape index (κ3) is 0.945. The molecule has 3 rings (SSSR count). The van der Waals surface area contributed by atoms with E-state index >= 15 is 0 Å². The predicted molar refractivity (Wildman–Crippen MR) is 47.4 cm³/mol. The van der Waals surface area contributed by atoms with Crippen LogP contribution in [-0.4, -0.2) is 42.0 Å². The molecule has 3 heteroatoms. The number of hydrogen-bond acceptors (Lipinski definition) is 3. The normalized spacial score (nSPS) is 53.9. The van der Waals surface area contributed by atoms with E-state index in [0.29, 0.717) is 18.1 Å². The van der Waals surface area contributed by atoms with Crippen molar-refractivity contribution >= 4 is 5.78 Å². The second-order valence-electron chi connectivity index (χ2n) is 4.69. The molecule has 0 amide bonds. The molecule has 3 fully saturated rings. The molecule has 3 aliphatic heterocycles. The average Bonchev–Trinajstić information content (AvgIpc) is 2.68. The van der Waals surface area contributed by atoms with E-state index in [1.165, 1.54) is 13.0 Å². The van der Waals surface area contributed by atoms with E-state index in [1.807, 2.05) is 6.92 Å². The van der Waals surface area contributed by atoms with Crippen LogP contribution in [0.2, 0.25) is 0 Å². The van der Waals surface area contributed by atoms with Crippen LogP contribution in [-0.2, 0) is 9.53 Å². The summed E-state index contributed by atoms with van der Waals surface area (Å²) in [6, 6.07) is 0. The Morgan fingerprint density at radius 3 is 2.92 bits per heavy atom. The molecule has 4 atom stereocenters. The Morgan fingerprint density at radius 2 is 2.46 bits per heavy atom. The third-order valence-electron chi connectivity index (χ3n) is 3.85. The Morgan fingerprint density at radius 1 is 1.62 bits per heavy atom. The Balaban J connectivity index is 1.88. The number of piperidine rings is 1. The number of nitrogens with zero attached hydrogens (tertiary/aromatic N) is 1. The van der Waals surface area contributed by atoms with Gasteiger partial charge in [0, 0.05) is 25.4 Å². The fraction of sp³-hybridized carbons (Fsp3) is 0.900. The van der Waals surface area contributed by atoms with E-state index in [1.54, 1.807) is 0 Å². The molecule has 1 spiro atoms. The summed E-state index contributed by atoms with van der Waals surface area (Å²) in [5.41, 5.74) is -0.0747. The molecule has 2 bridgehead atoms. The summed E-state index contributed by atoms with van der Waals surface area (Å²) < 4.78 is 5.86. The van der Waals surface area contributed by atoms with Crippen molar-refractivity contribution in [3.8, 4) is 0 Å². The zero-order chi connectivity index (χ0) is 9.05. The van der Waals surface area contributed by atoms with Crippen LogP contribution in [0.1, 0.15) is 19.8 Å². The van der Waals surface area contributed by atoms with Crippen LogP contribution < -0.4 is 0 Å². The van der Waals surface area contributed by atoms with Crippen LogP contribution in [0.3, 0.4) is 0 Å². The quantitative estimate of drug-likeness (QED) is 0.543. The highest BCUT2D eigenvalue weighted by atomic mass is 16.5. The van der Waals surface area contributed by atoms with Gasteiger partial charge in [-0.1, -0.05) is 0 Å². The van der Waals surface area contributed by atoms with Crippen molar-refractivity contribution in [2.24, 2.45) is 5.92 Å². The molecule has 0 saturated carbocycles. The van der Waals surface area contributed by atoms with Crippen LogP contribution in [0.15, 0.2) is 0 Å². The van der Waals surface area contributed by atoms with E-state index < -0.39 is 0 Å². The minimum Gasteiger partial charge on any atom is -0.362 e. The summed E-state index contributed by atoms with van der Waals surface area (Å²) in [6.45, 7) is 5.24. The Kier molecular flexibility index (Phi) is 1.43. The van der Waals surface area contributed by atoms with Crippen molar-refractivity contribution in [3.63, 3.8) is 0 Å². The van der Waals surface area contributed by atoms with Gasteiger partial charge in [0.2, 0.25) is 0 Å². The van der Waals surface area contributed by atoms with Crippen LogP contribution in [0, 0.1) is 5.92 Å². The van der Waals surface area contributed by atoms with Crippen molar-refractivity contribution in [2.45, 2.75) is 31.5 Å². The molecular weight excluding hydrogens is 166 g/mol. The van der Waals surface area contributed by atoms with Crippen molar-refractivity contribution in [1.29, 1.82) is 0 Å². The van der Waals surface area contributed by atoms with E-state index in [2.05, 4.69) is 4.90 Å². The highest BCUT2D eigenvalue weighted by molar-refractivity contribution is 5.85. The molecular formula is C10H15NO2. The number of rotatable bonds is 0. The third-order valence-corrected chi connectivity index (χ3v) is 3.85. The predicted octanol–water partition coefficient (Wildman–Crippen LogP) is 0.439. The standard InChI is InChI=1S/C10H15NO2/c1-7-9(12)4-10(13-7)6-11-3-2-8(10)5-11/h7-8H,2-6H2,1H3/t7-,8-,10-/m0/s1. The summed E-state index contributed by atoms with van der Waals surface area (Å²) in [4.78, 5) is 13.9. The summed E-state index contributed by atoms with van der Waals surface area (Å²) in [5.74, 6) is 0.926. The van der Waals surface area contributed by atoms with Crippen LogP contribution >= 0.6 is 0 Å². The molecule has 0 aromatic heterocycles. The first-order valence-corrected chi connectivity index (χ1v) is 5.12. The number of hydrogen-bond donors (Lipinski definition) is 0. The summed E-state index contributed by atoms with van der Waals surface area (Å²) >= 11 is 0. The van der Waals surface area contributed by atoms with Gasteiger partial charge in [0.1, 0.15) is 6.10 Å². The zero-order valence-electron chi connectivity index (χ0n) is 7.95. The zero-order valence-corrected chi connectivity index (χ0v) is 7.95. The molecule has 0 N–H and O–H groups in total. The molecule has 13 heavy (non-hydrogen) atoms. The van der Waals surface area contributed by atoms with Crippen LogP contribution in [0.4, 0.5) is 0 Å². The number of ketones is 1. The minimum atomic E-state index is -0.152. The number of carbonyl (C=O) groups excluding carboxylic acids is 1. The van der Waals surface area contributed by atoms with Gasteiger partial charge in [0.05, 0.1) is 5.60 Å². The highest BCUT2D eigenvalue weighted by Gasteiger charge is 2.56. The average molecular weight is 181 g/mol. The molecule has 3 heterocycles. The SMILES string of the molecule is C[C@@H]1O[C@@]2(CC1=O)CN1CC[C@H]2C1. The second-order valence-corrected chi connectivity index (χ2v) is 4.69. The van der Waals surface area contributed by atoms with E-state index in [9.17, 15) is 4.79 Å². The monoisotopic (exact) mass is 181 g/mol. The van der Waals surface area contributed by atoms with Gasteiger partial charge in [-0.3, -0.25) is 4.79 Å². The molecule has 1 unspecified atom stereocenters. The van der Waals surface area contributed by atoms with E-state index in [0.717, 1.165) is 13.1 Å². The molecule has 0 aliphatic carbocycles. The Bertz CT molecular complexity index is 266. The summed E-state index contributed by atoms with van der Waals surface area (Å²) in [7, 11) is 0. The van der Waals surface area contributed by atoms with Crippen molar-refractivity contribution < 1.29 is 9.53 Å². The molecule has 3 aliphatic rings. The summed E-state index contributed by atoms with van der Waals surface area (Å²) in [6.07, 6.45) is 1.73. The number of fused-ring (bicyclic) bond motifs is 3. The Labute approximate surface area is 78.0 Å². The number of ether oxygens (including phenoxy) is 1. The molecule has 0 aromatic carbocycles. The molecule has 3 nitrogen and oxygen atoms in total. The maximum atomic E-state index is 11.5. The first-order chi connectivity index (χ1) is 6.20. The number of Topliss-reactive ketones (excluding diaryl/α,β-unsaturated/α-hetero) is 1. The largest absolute Gasteiger partial charge is 0.362 e.